The van der Waals surface area contributed by atoms with Crippen molar-refractivity contribution in [2.24, 2.45) is 0 Å². The molecule has 0 amide bonds. The van der Waals surface area contributed by atoms with Crippen LogP contribution in [0.15, 0.2) is 11.6 Å². The molecule has 0 aromatic carbocycles. The van der Waals surface area contributed by atoms with Crippen LogP contribution in [0.1, 0.15) is 57.8 Å². The van der Waals surface area contributed by atoms with Gasteiger partial charge in [-0.3, -0.25) is 0 Å². The van der Waals surface area contributed by atoms with Crippen LogP contribution in [-0.2, 0) is 4.74 Å². The molecule has 15 heavy (non-hydrogen) atoms. The number of rotatable bonds is 3. The second-order valence-corrected chi connectivity index (χ2v) is 7.19. The summed E-state index contributed by atoms with van der Waals surface area (Å²) in [6.45, 7) is 1.02. The monoisotopic (exact) mass is 224 g/mol. The first-order valence-corrected chi connectivity index (χ1v) is 7.60. The fourth-order valence-corrected chi connectivity index (χ4v) is 3.55. The molecule has 1 unspecified atom stereocenters. The number of hydrogen-bond acceptors (Lipinski definition) is 1. The zero-order valence-corrected chi connectivity index (χ0v) is 12.1. The topological polar surface area (TPSA) is 9.23 Å². The Morgan fingerprint density at radius 1 is 1.27 bits per heavy atom. The molecule has 0 radical (unpaired) electrons. The molecular formula is C13H24OSi. The molecule has 0 aromatic rings. The van der Waals surface area contributed by atoms with Crippen LogP contribution < -0.4 is 0 Å². The zero-order valence-electron chi connectivity index (χ0n) is 10.1. The first-order valence-electron chi connectivity index (χ1n) is 6.60. The summed E-state index contributed by atoms with van der Waals surface area (Å²) in [5.41, 5.74) is 1.71. The molecule has 0 bridgehead atoms. The van der Waals surface area contributed by atoms with Gasteiger partial charge in [0, 0.05) is 22.1 Å². The predicted molar refractivity (Wildman–Crippen MR) is 68.3 cm³/mol. The van der Waals surface area contributed by atoms with E-state index in [0.717, 1.165) is 6.61 Å². The smallest absolute Gasteiger partial charge is 0.0489 e. The number of allylic oxidation sites excluding steroid dienone is 2. The molecule has 1 nitrogen and oxygen atoms in total. The van der Waals surface area contributed by atoms with Gasteiger partial charge in [0.15, 0.2) is 0 Å². The summed E-state index contributed by atoms with van der Waals surface area (Å²) in [4.78, 5) is 0. The minimum atomic E-state index is 0.330. The molecule has 2 rings (SSSR count). The third kappa shape index (κ3) is 3.46. The minimum absolute atomic E-state index is 0.330. The molecule has 1 aliphatic heterocycles. The zero-order chi connectivity index (χ0) is 10.6. The summed E-state index contributed by atoms with van der Waals surface area (Å²) < 4.78 is 5.99. The largest absolute Gasteiger partial charge is 0.380 e. The highest BCUT2D eigenvalue weighted by Gasteiger charge is 2.27. The van der Waals surface area contributed by atoms with Gasteiger partial charge in [-0.05, 0) is 57.8 Å². The minimum Gasteiger partial charge on any atom is -0.380 e. The highest BCUT2D eigenvalue weighted by molar-refractivity contribution is 6.14. The summed E-state index contributed by atoms with van der Waals surface area (Å²) in [6.07, 6.45) is 14.6. The lowest BCUT2D eigenvalue weighted by atomic mass is 9.93. The Morgan fingerprint density at radius 2 is 2.20 bits per heavy atom. The molecule has 1 aliphatic carbocycles. The summed E-state index contributed by atoms with van der Waals surface area (Å²) in [5, 5.41) is 0.330. The molecular weight excluding hydrogens is 200 g/mol. The van der Waals surface area contributed by atoms with Gasteiger partial charge in [-0.15, -0.1) is 0 Å². The van der Waals surface area contributed by atoms with Crippen LogP contribution in [0.3, 0.4) is 0 Å². The predicted octanol–water partition coefficient (Wildman–Crippen LogP) is 2.53. The van der Waals surface area contributed by atoms with Crippen molar-refractivity contribution < 1.29 is 4.74 Å². The van der Waals surface area contributed by atoms with E-state index in [0.29, 0.717) is 5.22 Å². The van der Waals surface area contributed by atoms with Crippen molar-refractivity contribution in [3.05, 3.63) is 11.6 Å². The lowest BCUT2D eigenvalue weighted by molar-refractivity contribution is -0.0224. The lowest BCUT2D eigenvalue weighted by Crippen LogP contribution is -2.36. The molecule has 1 heterocycles. The van der Waals surface area contributed by atoms with Crippen molar-refractivity contribution in [2.45, 2.75) is 63.0 Å². The van der Waals surface area contributed by atoms with Gasteiger partial charge in [-0.1, -0.05) is 11.6 Å². The fourth-order valence-electron chi connectivity index (χ4n) is 2.75. The maximum absolute atomic E-state index is 5.99. The van der Waals surface area contributed by atoms with Gasteiger partial charge in [-0.2, -0.15) is 0 Å². The maximum atomic E-state index is 5.99. The Balaban J connectivity index is 1.78. The molecule has 1 atom stereocenters. The maximum Gasteiger partial charge on any atom is 0.0489 e. The normalized spacial score (nSPS) is 32.7. The third-order valence-electron chi connectivity index (χ3n) is 3.91. The summed E-state index contributed by atoms with van der Waals surface area (Å²) in [6, 6.07) is 0. The van der Waals surface area contributed by atoms with Gasteiger partial charge in [0.1, 0.15) is 0 Å². The van der Waals surface area contributed by atoms with Gasteiger partial charge in [0.25, 0.3) is 0 Å². The van der Waals surface area contributed by atoms with Gasteiger partial charge in [0.05, 0.1) is 0 Å². The SMILES string of the molecule is [SiH3]C1(CCC2=CCCCC2)CCCCO1. The average Bonchev–Trinajstić information content (AvgIpc) is 2.29. The van der Waals surface area contributed by atoms with Crippen molar-refractivity contribution in [3.8, 4) is 0 Å². The van der Waals surface area contributed by atoms with Crippen molar-refractivity contribution in [1.82, 2.24) is 0 Å². The van der Waals surface area contributed by atoms with Crippen molar-refractivity contribution in [1.29, 1.82) is 0 Å². The Kier molecular flexibility index (Phi) is 4.03. The fraction of sp³-hybridized carbons (Fsp3) is 0.846. The standard InChI is InChI=1S/C13H24OSi/c15-13(9-4-5-11-14-13)10-8-12-6-2-1-3-7-12/h6H,1-5,7-11H2,15H3. The Hall–Kier alpha value is -0.0831. The summed E-state index contributed by atoms with van der Waals surface area (Å²) in [5.74, 6) is 0. The van der Waals surface area contributed by atoms with Crippen LogP contribution in [0.4, 0.5) is 0 Å². The lowest BCUT2D eigenvalue weighted by Gasteiger charge is -2.34. The highest BCUT2D eigenvalue weighted by Crippen LogP contribution is 2.30. The molecule has 0 N–H and O–H groups in total. The van der Waals surface area contributed by atoms with E-state index in [1.807, 2.05) is 0 Å². The highest BCUT2D eigenvalue weighted by atomic mass is 28.1. The van der Waals surface area contributed by atoms with E-state index in [9.17, 15) is 0 Å². The van der Waals surface area contributed by atoms with Gasteiger partial charge >= 0.3 is 0 Å². The Bertz CT molecular complexity index is 229. The first kappa shape index (κ1) is 11.4. The quantitative estimate of drug-likeness (QED) is 0.529. The van der Waals surface area contributed by atoms with Crippen LogP contribution in [0.25, 0.3) is 0 Å². The van der Waals surface area contributed by atoms with E-state index in [2.05, 4.69) is 6.08 Å². The first-order chi connectivity index (χ1) is 7.29. The van der Waals surface area contributed by atoms with Crippen LogP contribution in [0, 0.1) is 0 Å². The van der Waals surface area contributed by atoms with Gasteiger partial charge in [0.2, 0.25) is 0 Å². The van der Waals surface area contributed by atoms with Crippen molar-refractivity contribution in [3.63, 3.8) is 0 Å². The number of ether oxygens (including phenoxy) is 1. The second kappa shape index (κ2) is 5.31. The van der Waals surface area contributed by atoms with Crippen LogP contribution >= 0.6 is 0 Å². The second-order valence-electron chi connectivity index (χ2n) is 5.36. The van der Waals surface area contributed by atoms with E-state index in [-0.39, 0.29) is 0 Å². The molecule has 2 aliphatic rings. The van der Waals surface area contributed by atoms with Crippen LogP contribution in [0.5, 0.6) is 0 Å². The third-order valence-corrected chi connectivity index (χ3v) is 5.20. The van der Waals surface area contributed by atoms with E-state index >= 15 is 0 Å². The number of hydrogen-bond donors (Lipinski definition) is 0. The Morgan fingerprint density at radius 3 is 2.87 bits per heavy atom. The molecule has 0 aromatic heterocycles. The van der Waals surface area contributed by atoms with E-state index in [4.69, 9.17) is 4.74 Å². The Labute approximate surface area is 96.7 Å². The summed E-state index contributed by atoms with van der Waals surface area (Å²) >= 11 is 0. The van der Waals surface area contributed by atoms with E-state index in [1.54, 1.807) is 5.57 Å². The average molecular weight is 224 g/mol. The molecule has 86 valence electrons. The van der Waals surface area contributed by atoms with E-state index < -0.39 is 0 Å². The van der Waals surface area contributed by atoms with Crippen LogP contribution in [-0.4, -0.2) is 22.1 Å². The van der Waals surface area contributed by atoms with Crippen LogP contribution in [0.2, 0.25) is 0 Å². The van der Waals surface area contributed by atoms with Crippen molar-refractivity contribution in [2.75, 3.05) is 6.61 Å². The van der Waals surface area contributed by atoms with Gasteiger partial charge < -0.3 is 4.74 Å². The van der Waals surface area contributed by atoms with E-state index in [1.165, 1.54) is 68.0 Å². The molecule has 2 heteroatoms. The molecule has 0 spiro atoms. The molecule has 1 fully saturated rings. The van der Waals surface area contributed by atoms with Crippen molar-refractivity contribution >= 4 is 10.2 Å². The molecule has 0 saturated carbocycles. The summed E-state index contributed by atoms with van der Waals surface area (Å²) in [7, 11) is 1.21. The molecule has 1 saturated heterocycles. The van der Waals surface area contributed by atoms with Gasteiger partial charge in [-0.25, -0.2) is 0 Å².